The van der Waals surface area contributed by atoms with Gasteiger partial charge in [-0.3, -0.25) is 0 Å². The summed E-state index contributed by atoms with van der Waals surface area (Å²) in [6.07, 6.45) is 13.8. The van der Waals surface area contributed by atoms with Gasteiger partial charge in [0.25, 0.3) is 0 Å². The third-order valence-electron chi connectivity index (χ3n) is 11.1. The Labute approximate surface area is 229 Å². The molecule has 1 saturated heterocycles. The van der Waals surface area contributed by atoms with Gasteiger partial charge in [0.1, 0.15) is 0 Å². The van der Waals surface area contributed by atoms with Crippen molar-refractivity contribution in [3.8, 4) is 0 Å². The first-order chi connectivity index (χ1) is 16.2. The second kappa shape index (κ2) is 8.66. The van der Waals surface area contributed by atoms with Gasteiger partial charge < -0.3 is 13.9 Å². The monoisotopic (exact) mass is 612 g/mol. The molecule has 198 valence electrons. The molecule has 3 nitrogen and oxygen atoms in total. The standard InChI is InChI=1S/C30H49IO3Si/c1-26(2,3)35(7,8)34-25-12-11-23-22-10-9-21-17-30(32-19-27(4,5)20-33-30)16-15-29(21,18-31)24(22)13-14-28(23,25)6/h9,13,22-23,25H,10-12,14-20H2,1-8H3/t22-,23-,25?,28-,29+/m0/s1. The lowest BCUT2D eigenvalue weighted by Gasteiger charge is -2.57. The number of alkyl halides is 1. The van der Waals surface area contributed by atoms with Gasteiger partial charge in [-0.15, -0.1) is 0 Å². The van der Waals surface area contributed by atoms with Crippen LogP contribution in [0.4, 0.5) is 0 Å². The van der Waals surface area contributed by atoms with Gasteiger partial charge >= 0.3 is 0 Å². The fourth-order valence-electron chi connectivity index (χ4n) is 7.63. The number of allylic oxidation sites excluding steroid dienone is 3. The number of ether oxygens (including phenoxy) is 2. The molecule has 1 unspecified atom stereocenters. The molecule has 0 aromatic rings. The largest absolute Gasteiger partial charge is 0.413 e. The Balaban J connectivity index is 1.40. The van der Waals surface area contributed by atoms with E-state index in [4.69, 9.17) is 13.9 Å². The molecule has 5 rings (SSSR count). The lowest BCUT2D eigenvalue weighted by Crippen LogP contribution is -2.54. The lowest BCUT2D eigenvalue weighted by atomic mass is 9.52. The summed E-state index contributed by atoms with van der Waals surface area (Å²) in [5.41, 5.74) is 3.99. The van der Waals surface area contributed by atoms with Gasteiger partial charge in [-0.2, -0.15) is 0 Å². The highest BCUT2D eigenvalue weighted by Crippen LogP contribution is 2.65. The van der Waals surface area contributed by atoms with Crippen molar-refractivity contribution in [3.05, 3.63) is 23.3 Å². The number of hydrogen-bond donors (Lipinski definition) is 0. The highest BCUT2D eigenvalue weighted by Gasteiger charge is 2.60. The molecule has 35 heavy (non-hydrogen) atoms. The zero-order valence-electron chi connectivity index (χ0n) is 23.6. The molecule has 0 radical (unpaired) electrons. The zero-order chi connectivity index (χ0) is 25.5. The Morgan fingerprint density at radius 2 is 1.74 bits per heavy atom. The van der Waals surface area contributed by atoms with Crippen LogP contribution in [0.3, 0.4) is 0 Å². The summed E-state index contributed by atoms with van der Waals surface area (Å²) in [5.74, 6) is 1.04. The van der Waals surface area contributed by atoms with E-state index in [1.54, 1.807) is 11.1 Å². The van der Waals surface area contributed by atoms with Crippen molar-refractivity contribution >= 4 is 30.9 Å². The normalized spacial score (nSPS) is 40.4. The number of fused-ring (bicyclic) bond motifs is 5. The molecule has 0 N–H and O–H groups in total. The van der Waals surface area contributed by atoms with Crippen molar-refractivity contribution in [3.63, 3.8) is 0 Å². The van der Waals surface area contributed by atoms with Crippen LogP contribution in [0, 0.1) is 28.1 Å². The van der Waals surface area contributed by atoms with E-state index in [0.717, 1.165) is 38.4 Å². The van der Waals surface area contributed by atoms with Gasteiger partial charge in [0.05, 0.1) is 19.3 Å². The smallest absolute Gasteiger partial charge is 0.192 e. The molecule has 5 aliphatic rings. The average molecular weight is 613 g/mol. The minimum Gasteiger partial charge on any atom is -0.413 e. The van der Waals surface area contributed by atoms with Crippen LogP contribution in [0.2, 0.25) is 18.1 Å². The second-order valence-electron chi connectivity index (χ2n) is 15.0. The van der Waals surface area contributed by atoms with E-state index < -0.39 is 8.32 Å². The number of rotatable bonds is 3. The molecule has 0 amide bonds. The van der Waals surface area contributed by atoms with Crippen molar-refractivity contribution in [1.82, 2.24) is 0 Å². The van der Waals surface area contributed by atoms with E-state index in [1.165, 1.54) is 30.1 Å². The summed E-state index contributed by atoms with van der Waals surface area (Å²) >= 11 is 2.68. The van der Waals surface area contributed by atoms with Crippen LogP contribution in [0.1, 0.15) is 86.5 Å². The molecule has 0 aromatic heterocycles. The molecule has 3 fully saturated rings. The molecule has 4 aliphatic carbocycles. The molecule has 2 saturated carbocycles. The summed E-state index contributed by atoms with van der Waals surface area (Å²) in [6.45, 7) is 20.7. The van der Waals surface area contributed by atoms with Crippen LogP contribution < -0.4 is 0 Å². The predicted octanol–water partition coefficient (Wildman–Crippen LogP) is 8.44. The van der Waals surface area contributed by atoms with E-state index in [2.05, 4.69) is 89.4 Å². The van der Waals surface area contributed by atoms with Crippen molar-refractivity contribution in [2.24, 2.45) is 28.1 Å². The molecule has 0 aromatic carbocycles. The second-order valence-corrected chi connectivity index (χ2v) is 20.6. The molecular formula is C30H49IO3Si. The van der Waals surface area contributed by atoms with Crippen LogP contribution in [0.25, 0.3) is 0 Å². The van der Waals surface area contributed by atoms with Crippen LogP contribution in [-0.2, 0) is 13.9 Å². The van der Waals surface area contributed by atoms with Gasteiger partial charge in [0.2, 0.25) is 0 Å². The van der Waals surface area contributed by atoms with Crippen LogP contribution >= 0.6 is 22.6 Å². The van der Waals surface area contributed by atoms with Gasteiger partial charge in [-0.1, -0.05) is 87.4 Å². The fraction of sp³-hybridized carbons (Fsp3) is 0.867. The predicted molar refractivity (Wildman–Crippen MR) is 155 cm³/mol. The lowest BCUT2D eigenvalue weighted by molar-refractivity contribution is -0.308. The topological polar surface area (TPSA) is 27.7 Å². The minimum atomic E-state index is -1.78. The Kier molecular flexibility index (Phi) is 6.65. The first kappa shape index (κ1) is 26.9. The molecular weight excluding hydrogens is 563 g/mol. The number of halogens is 1. The molecule has 5 heteroatoms. The quantitative estimate of drug-likeness (QED) is 0.139. The van der Waals surface area contributed by atoms with Crippen molar-refractivity contribution in [1.29, 1.82) is 0 Å². The van der Waals surface area contributed by atoms with Crippen molar-refractivity contribution in [2.75, 3.05) is 17.6 Å². The van der Waals surface area contributed by atoms with Gasteiger partial charge in [0.15, 0.2) is 14.1 Å². The van der Waals surface area contributed by atoms with E-state index in [-0.39, 0.29) is 27.1 Å². The third-order valence-corrected chi connectivity index (χ3v) is 16.9. The van der Waals surface area contributed by atoms with E-state index in [9.17, 15) is 0 Å². The summed E-state index contributed by atoms with van der Waals surface area (Å²) in [7, 11) is -1.78. The Morgan fingerprint density at radius 1 is 1.06 bits per heavy atom. The summed E-state index contributed by atoms with van der Waals surface area (Å²) < 4.78 is 21.2. The third kappa shape index (κ3) is 4.30. The maximum absolute atomic E-state index is 7.13. The van der Waals surface area contributed by atoms with Gasteiger partial charge in [0, 0.05) is 28.1 Å². The minimum absolute atomic E-state index is 0.122. The molecule has 5 atom stereocenters. The highest BCUT2D eigenvalue weighted by atomic mass is 127. The number of hydrogen-bond acceptors (Lipinski definition) is 3. The van der Waals surface area contributed by atoms with Crippen molar-refractivity contribution < 1.29 is 13.9 Å². The maximum Gasteiger partial charge on any atom is 0.192 e. The van der Waals surface area contributed by atoms with Crippen LogP contribution in [-0.4, -0.2) is 37.8 Å². The summed E-state index contributed by atoms with van der Waals surface area (Å²) in [6, 6.07) is 0. The molecule has 1 heterocycles. The average Bonchev–Trinajstić information content (AvgIpc) is 3.11. The molecule has 1 aliphatic heterocycles. The van der Waals surface area contributed by atoms with Crippen molar-refractivity contribution in [2.45, 2.75) is 117 Å². The Hall–Kier alpha value is 0.307. The van der Waals surface area contributed by atoms with Crippen LogP contribution in [0.5, 0.6) is 0 Å². The Morgan fingerprint density at radius 3 is 2.37 bits per heavy atom. The maximum atomic E-state index is 7.13. The van der Waals surface area contributed by atoms with E-state index in [1.807, 2.05) is 0 Å². The molecule has 0 bridgehead atoms. The first-order valence-electron chi connectivity index (χ1n) is 14.1. The van der Waals surface area contributed by atoms with Gasteiger partial charge in [-0.25, -0.2) is 0 Å². The van der Waals surface area contributed by atoms with E-state index in [0.29, 0.717) is 12.0 Å². The summed E-state index contributed by atoms with van der Waals surface area (Å²) in [4.78, 5) is 0. The van der Waals surface area contributed by atoms with Crippen LogP contribution in [0.15, 0.2) is 23.3 Å². The summed E-state index contributed by atoms with van der Waals surface area (Å²) in [5, 5.41) is 0.265. The zero-order valence-corrected chi connectivity index (χ0v) is 26.7. The first-order valence-corrected chi connectivity index (χ1v) is 18.5. The fourth-order valence-corrected chi connectivity index (χ4v) is 10.4. The molecule has 1 spiro atoms. The van der Waals surface area contributed by atoms with Gasteiger partial charge in [-0.05, 0) is 67.5 Å². The SMILES string of the molecule is CC1(C)COC2(CC[C@@]3(CI)C(=CC[C@@H]4C3=CC[C@]3(C)C(O[Si](C)(C)C(C)(C)C)CC[C@@H]43)C2)OC1. The van der Waals surface area contributed by atoms with E-state index >= 15 is 0 Å². The highest BCUT2D eigenvalue weighted by molar-refractivity contribution is 14.1. The Bertz CT molecular complexity index is 905.